The fraction of sp³-hybridized carbons (Fsp3) is 0.481. The van der Waals surface area contributed by atoms with Crippen LogP contribution in [0.2, 0.25) is 0 Å². The van der Waals surface area contributed by atoms with E-state index in [4.69, 9.17) is 0 Å². The Morgan fingerprint density at radius 1 is 0.914 bits per heavy atom. The zero-order chi connectivity index (χ0) is 25.2. The maximum Gasteiger partial charge on any atom is 0.243 e. The Bertz CT molecular complexity index is 1180. The van der Waals surface area contributed by atoms with Crippen LogP contribution in [-0.2, 0) is 19.6 Å². The molecule has 0 aromatic heterocycles. The Balaban J connectivity index is 1.28. The molecule has 1 saturated heterocycles. The van der Waals surface area contributed by atoms with E-state index in [0.717, 1.165) is 29.5 Å². The fourth-order valence-corrected chi connectivity index (χ4v) is 6.33. The number of piperazine rings is 1. The van der Waals surface area contributed by atoms with Crippen molar-refractivity contribution in [1.82, 2.24) is 14.5 Å². The molecule has 4 rings (SSSR count). The van der Waals surface area contributed by atoms with Crippen LogP contribution in [0.4, 0.5) is 0 Å². The number of hydrogen-bond donors (Lipinski definition) is 1. The standard InChI is InChI=1S/C27H35N3O4S/c1-19-5-8-22(9-6-19)27(23-10-11-23)28-25(31)12-13-26(32)29-14-16-30(17-15-29)35(33,34)24-18-20(2)4-7-21(24)3/h4-9,18,23,27H,10-17H2,1-3H3,(H,28,31). The molecule has 1 heterocycles. The summed E-state index contributed by atoms with van der Waals surface area (Å²) in [6.07, 6.45) is 2.47. The molecule has 188 valence electrons. The summed E-state index contributed by atoms with van der Waals surface area (Å²) in [5, 5.41) is 3.13. The van der Waals surface area contributed by atoms with Gasteiger partial charge >= 0.3 is 0 Å². The third-order valence-electron chi connectivity index (χ3n) is 6.97. The molecule has 1 N–H and O–H groups in total. The Kier molecular flexibility index (Phi) is 7.62. The van der Waals surface area contributed by atoms with Gasteiger partial charge < -0.3 is 10.2 Å². The van der Waals surface area contributed by atoms with Gasteiger partial charge in [0.2, 0.25) is 21.8 Å². The highest BCUT2D eigenvalue weighted by molar-refractivity contribution is 7.89. The molecule has 1 atom stereocenters. The summed E-state index contributed by atoms with van der Waals surface area (Å²) in [5.74, 6) is 0.235. The van der Waals surface area contributed by atoms with Gasteiger partial charge in [-0.1, -0.05) is 42.0 Å². The molecule has 2 aromatic carbocycles. The quantitative estimate of drug-likeness (QED) is 0.605. The lowest BCUT2D eigenvalue weighted by Gasteiger charge is -2.34. The first kappa shape index (κ1) is 25.4. The fourth-order valence-electron chi connectivity index (χ4n) is 4.60. The molecular weight excluding hydrogens is 462 g/mol. The van der Waals surface area contributed by atoms with Crippen LogP contribution in [0, 0.1) is 26.7 Å². The maximum atomic E-state index is 13.1. The van der Waals surface area contributed by atoms with E-state index in [1.165, 1.54) is 9.87 Å². The number of nitrogens with one attached hydrogen (secondary N) is 1. The lowest BCUT2D eigenvalue weighted by Crippen LogP contribution is -2.50. The van der Waals surface area contributed by atoms with Gasteiger partial charge in [-0.15, -0.1) is 0 Å². The monoisotopic (exact) mass is 497 g/mol. The average molecular weight is 498 g/mol. The van der Waals surface area contributed by atoms with Crippen LogP contribution in [0.5, 0.6) is 0 Å². The largest absolute Gasteiger partial charge is 0.349 e. The van der Waals surface area contributed by atoms with Gasteiger partial charge in [0.25, 0.3) is 0 Å². The average Bonchev–Trinajstić information content (AvgIpc) is 3.68. The SMILES string of the molecule is Cc1ccc(C(NC(=O)CCC(=O)N2CCN(S(=O)(=O)c3cc(C)ccc3C)CC2)C2CC2)cc1. The van der Waals surface area contributed by atoms with Gasteiger partial charge in [-0.05, 0) is 62.3 Å². The predicted octanol–water partition coefficient (Wildman–Crippen LogP) is 3.49. The Morgan fingerprint density at radius 2 is 1.54 bits per heavy atom. The van der Waals surface area contributed by atoms with Crippen LogP contribution in [-0.4, -0.2) is 55.6 Å². The molecule has 0 spiro atoms. The summed E-state index contributed by atoms with van der Waals surface area (Å²) in [6.45, 7) is 6.88. The first-order valence-corrected chi connectivity index (χ1v) is 13.8. The van der Waals surface area contributed by atoms with Crippen molar-refractivity contribution in [2.24, 2.45) is 5.92 Å². The second-order valence-corrected chi connectivity index (χ2v) is 11.8. The highest BCUT2D eigenvalue weighted by Crippen LogP contribution is 2.41. The maximum absolute atomic E-state index is 13.1. The summed E-state index contributed by atoms with van der Waals surface area (Å²) in [7, 11) is -3.60. The molecule has 2 aliphatic rings. The number of nitrogens with zero attached hydrogens (tertiary/aromatic N) is 2. The third kappa shape index (κ3) is 6.11. The summed E-state index contributed by atoms with van der Waals surface area (Å²) in [4.78, 5) is 27.4. The van der Waals surface area contributed by atoms with Gasteiger partial charge in [0.1, 0.15) is 0 Å². The van der Waals surface area contributed by atoms with Crippen molar-refractivity contribution in [3.63, 3.8) is 0 Å². The van der Waals surface area contributed by atoms with Crippen molar-refractivity contribution in [3.05, 3.63) is 64.7 Å². The number of benzene rings is 2. The second-order valence-electron chi connectivity index (χ2n) is 9.85. The van der Waals surface area contributed by atoms with Gasteiger partial charge in [-0.25, -0.2) is 8.42 Å². The summed E-state index contributed by atoms with van der Waals surface area (Å²) in [6, 6.07) is 13.7. The molecule has 2 amide bonds. The molecule has 2 aromatic rings. The summed E-state index contributed by atoms with van der Waals surface area (Å²) in [5.41, 5.74) is 3.91. The van der Waals surface area contributed by atoms with Crippen molar-refractivity contribution in [2.75, 3.05) is 26.2 Å². The van der Waals surface area contributed by atoms with E-state index in [1.54, 1.807) is 17.9 Å². The van der Waals surface area contributed by atoms with Crippen molar-refractivity contribution < 1.29 is 18.0 Å². The van der Waals surface area contributed by atoms with Gasteiger partial charge in [0.05, 0.1) is 10.9 Å². The summed E-state index contributed by atoms with van der Waals surface area (Å²) >= 11 is 0. The lowest BCUT2D eigenvalue weighted by molar-refractivity contribution is -0.134. The molecule has 1 unspecified atom stereocenters. The van der Waals surface area contributed by atoms with E-state index >= 15 is 0 Å². The van der Waals surface area contributed by atoms with Crippen LogP contribution in [0.25, 0.3) is 0 Å². The number of carbonyl (C=O) groups excluding carboxylic acids is 2. The van der Waals surface area contributed by atoms with Crippen LogP contribution in [0.1, 0.15) is 54.0 Å². The van der Waals surface area contributed by atoms with Gasteiger partial charge in [0.15, 0.2) is 0 Å². The van der Waals surface area contributed by atoms with Gasteiger partial charge in [-0.2, -0.15) is 4.31 Å². The van der Waals surface area contributed by atoms with Crippen molar-refractivity contribution >= 4 is 21.8 Å². The smallest absolute Gasteiger partial charge is 0.243 e. The first-order valence-electron chi connectivity index (χ1n) is 12.4. The zero-order valence-electron chi connectivity index (χ0n) is 20.8. The van der Waals surface area contributed by atoms with Crippen LogP contribution in [0.15, 0.2) is 47.4 Å². The Labute approximate surface area is 208 Å². The molecule has 0 radical (unpaired) electrons. The third-order valence-corrected chi connectivity index (χ3v) is 9.01. The number of aryl methyl sites for hydroxylation is 3. The molecule has 8 heteroatoms. The van der Waals surface area contributed by atoms with E-state index < -0.39 is 10.0 Å². The van der Waals surface area contributed by atoms with Crippen molar-refractivity contribution in [2.45, 2.75) is 57.4 Å². The number of sulfonamides is 1. The number of rotatable bonds is 8. The minimum absolute atomic E-state index is 0.00275. The highest BCUT2D eigenvalue weighted by atomic mass is 32.2. The lowest BCUT2D eigenvalue weighted by atomic mass is 10.0. The van der Waals surface area contributed by atoms with E-state index in [2.05, 4.69) is 29.6 Å². The van der Waals surface area contributed by atoms with Crippen LogP contribution >= 0.6 is 0 Å². The molecule has 7 nitrogen and oxygen atoms in total. The molecule has 1 aliphatic heterocycles. The molecule has 1 aliphatic carbocycles. The minimum Gasteiger partial charge on any atom is -0.349 e. The molecule has 35 heavy (non-hydrogen) atoms. The van der Waals surface area contributed by atoms with E-state index in [1.807, 2.05) is 26.0 Å². The normalized spacial score (nSPS) is 17.7. The number of hydrogen-bond acceptors (Lipinski definition) is 4. The van der Waals surface area contributed by atoms with E-state index in [9.17, 15) is 18.0 Å². The Morgan fingerprint density at radius 3 is 2.17 bits per heavy atom. The minimum atomic E-state index is -3.60. The van der Waals surface area contributed by atoms with Gasteiger partial charge in [-0.3, -0.25) is 9.59 Å². The first-order chi connectivity index (χ1) is 16.6. The van der Waals surface area contributed by atoms with Crippen molar-refractivity contribution in [1.29, 1.82) is 0 Å². The molecule has 1 saturated carbocycles. The van der Waals surface area contributed by atoms with Crippen molar-refractivity contribution in [3.8, 4) is 0 Å². The number of carbonyl (C=O) groups is 2. The molecule has 0 bridgehead atoms. The van der Waals surface area contributed by atoms with Gasteiger partial charge in [0, 0.05) is 39.0 Å². The zero-order valence-corrected chi connectivity index (χ0v) is 21.6. The molecule has 2 fully saturated rings. The van der Waals surface area contributed by atoms with Crippen LogP contribution in [0.3, 0.4) is 0 Å². The van der Waals surface area contributed by atoms with E-state index in [-0.39, 0.29) is 43.8 Å². The molecular formula is C27H35N3O4S. The topological polar surface area (TPSA) is 86.8 Å². The van der Waals surface area contributed by atoms with E-state index in [0.29, 0.717) is 23.9 Å². The predicted molar refractivity (Wildman–Crippen MR) is 135 cm³/mol. The highest BCUT2D eigenvalue weighted by Gasteiger charge is 2.34. The van der Waals surface area contributed by atoms with Crippen LogP contribution < -0.4 is 5.32 Å². The summed E-state index contributed by atoms with van der Waals surface area (Å²) < 4.78 is 27.7. The Hall–Kier alpha value is -2.71. The number of amides is 2. The second kappa shape index (κ2) is 10.5.